The van der Waals surface area contributed by atoms with E-state index in [9.17, 15) is 18.0 Å². The van der Waals surface area contributed by atoms with Crippen LogP contribution in [0.4, 0.5) is 13.2 Å². The minimum Gasteiger partial charge on any atom is -0.337 e. The molecule has 3 aromatic rings. The summed E-state index contributed by atoms with van der Waals surface area (Å²) < 4.78 is 44.3. The third kappa shape index (κ3) is 5.48. The van der Waals surface area contributed by atoms with Crippen molar-refractivity contribution >= 4 is 23.3 Å². The quantitative estimate of drug-likeness (QED) is 0.506. The Labute approximate surface area is 192 Å². The first-order valence-electron chi connectivity index (χ1n) is 10.3. The van der Waals surface area contributed by atoms with Gasteiger partial charge in [-0.15, -0.1) is 11.3 Å². The molecule has 1 amide bonds. The molecular formula is C22H22F3N5O2S. The molecule has 174 valence electrons. The Morgan fingerprint density at radius 2 is 1.97 bits per heavy atom. The molecule has 0 N–H and O–H groups in total. The van der Waals surface area contributed by atoms with Gasteiger partial charge in [0.05, 0.1) is 22.3 Å². The summed E-state index contributed by atoms with van der Waals surface area (Å²) in [4.78, 5) is 24.9. The molecule has 1 atom stereocenters. The largest absolute Gasteiger partial charge is 0.416 e. The van der Waals surface area contributed by atoms with Crippen LogP contribution in [0.2, 0.25) is 0 Å². The number of carbonyl (C=O) groups excluding carboxylic acids is 1. The second-order valence-electron chi connectivity index (χ2n) is 7.70. The fourth-order valence-electron chi connectivity index (χ4n) is 3.56. The van der Waals surface area contributed by atoms with E-state index >= 15 is 0 Å². The molecule has 7 nitrogen and oxygen atoms in total. The molecule has 1 unspecified atom stereocenters. The molecule has 1 saturated heterocycles. The number of hydrogen-bond acceptors (Lipinski definition) is 7. The summed E-state index contributed by atoms with van der Waals surface area (Å²) in [5.41, 5.74) is 0.245. The lowest BCUT2D eigenvalue weighted by Crippen LogP contribution is -2.48. The Morgan fingerprint density at radius 1 is 1.21 bits per heavy atom. The minimum absolute atomic E-state index is 0.0717. The maximum absolute atomic E-state index is 13.0. The highest BCUT2D eigenvalue weighted by atomic mass is 32.1. The van der Waals surface area contributed by atoms with E-state index in [4.69, 9.17) is 4.52 Å². The van der Waals surface area contributed by atoms with Crippen molar-refractivity contribution in [2.24, 2.45) is 0 Å². The van der Waals surface area contributed by atoms with Crippen LogP contribution in [0.5, 0.6) is 0 Å². The number of rotatable bonds is 5. The third-order valence-corrected chi connectivity index (χ3v) is 6.25. The summed E-state index contributed by atoms with van der Waals surface area (Å²) in [5.74, 6) is 0.359. The highest BCUT2D eigenvalue weighted by Crippen LogP contribution is 2.32. The van der Waals surface area contributed by atoms with Gasteiger partial charge in [0.25, 0.3) is 0 Å². The van der Waals surface area contributed by atoms with Gasteiger partial charge < -0.3 is 9.42 Å². The lowest BCUT2D eigenvalue weighted by molar-refractivity contribution is -0.137. The number of aryl methyl sites for hydroxylation is 1. The van der Waals surface area contributed by atoms with Crippen LogP contribution in [0.1, 0.15) is 35.1 Å². The van der Waals surface area contributed by atoms with Crippen molar-refractivity contribution in [3.05, 3.63) is 57.9 Å². The zero-order chi connectivity index (χ0) is 23.6. The van der Waals surface area contributed by atoms with Crippen LogP contribution in [0.3, 0.4) is 0 Å². The van der Waals surface area contributed by atoms with Gasteiger partial charge >= 0.3 is 6.18 Å². The first-order valence-corrected chi connectivity index (χ1v) is 11.2. The monoisotopic (exact) mass is 477 g/mol. The van der Waals surface area contributed by atoms with Crippen LogP contribution in [-0.4, -0.2) is 57.0 Å². The first-order chi connectivity index (χ1) is 15.7. The Hall–Kier alpha value is -3.05. The summed E-state index contributed by atoms with van der Waals surface area (Å²) in [6, 6.07) is 4.60. The number of halogens is 3. The molecule has 0 saturated carbocycles. The second-order valence-corrected chi connectivity index (χ2v) is 8.76. The molecule has 1 aliphatic heterocycles. The van der Waals surface area contributed by atoms with Crippen LogP contribution < -0.4 is 0 Å². The highest BCUT2D eigenvalue weighted by molar-refractivity contribution is 7.09. The van der Waals surface area contributed by atoms with Crippen molar-refractivity contribution in [3.8, 4) is 11.4 Å². The maximum atomic E-state index is 13.0. The molecule has 1 aliphatic rings. The fourth-order valence-corrected chi connectivity index (χ4v) is 4.14. The summed E-state index contributed by atoms with van der Waals surface area (Å²) in [7, 11) is 0. The smallest absolute Gasteiger partial charge is 0.337 e. The van der Waals surface area contributed by atoms with E-state index in [0.717, 1.165) is 22.8 Å². The number of nitrogens with zero attached hydrogens (tertiary/aromatic N) is 5. The van der Waals surface area contributed by atoms with Crippen LogP contribution in [-0.2, 0) is 11.0 Å². The van der Waals surface area contributed by atoms with Crippen molar-refractivity contribution in [2.45, 2.75) is 26.1 Å². The van der Waals surface area contributed by atoms with Gasteiger partial charge in [0.1, 0.15) is 0 Å². The molecule has 4 rings (SSSR count). The Morgan fingerprint density at radius 3 is 2.64 bits per heavy atom. The van der Waals surface area contributed by atoms with E-state index in [1.54, 1.807) is 11.0 Å². The molecule has 0 aliphatic carbocycles. The molecule has 0 bridgehead atoms. The van der Waals surface area contributed by atoms with E-state index in [1.807, 2.05) is 19.2 Å². The predicted octanol–water partition coefficient (Wildman–Crippen LogP) is 4.44. The van der Waals surface area contributed by atoms with Gasteiger partial charge in [0, 0.05) is 43.2 Å². The average Bonchev–Trinajstić information content (AvgIpc) is 3.46. The molecule has 1 fully saturated rings. The van der Waals surface area contributed by atoms with E-state index in [0.29, 0.717) is 32.1 Å². The van der Waals surface area contributed by atoms with E-state index in [1.165, 1.54) is 29.5 Å². The van der Waals surface area contributed by atoms with Crippen molar-refractivity contribution < 1.29 is 22.5 Å². The summed E-state index contributed by atoms with van der Waals surface area (Å²) in [6.45, 7) is 6.10. The predicted molar refractivity (Wildman–Crippen MR) is 117 cm³/mol. The van der Waals surface area contributed by atoms with E-state index < -0.39 is 11.7 Å². The Kier molecular flexibility index (Phi) is 6.61. The lowest BCUT2D eigenvalue weighted by atomic mass is 10.1. The fraction of sp³-hybridized carbons (Fsp3) is 0.364. The van der Waals surface area contributed by atoms with Crippen LogP contribution in [0, 0.1) is 6.92 Å². The third-order valence-electron chi connectivity index (χ3n) is 5.45. The molecular weight excluding hydrogens is 455 g/mol. The van der Waals surface area contributed by atoms with Gasteiger partial charge in [-0.1, -0.05) is 17.3 Å². The van der Waals surface area contributed by atoms with Crippen LogP contribution >= 0.6 is 11.3 Å². The average molecular weight is 478 g/mol. The van der Waals surface area contributed by atoms with Gasteiger partial charge in [-0.25, -0.2) is 4.98 Å². The number of alkyl halides is 3. The van der Waals surface area contributed by atoms with Crippen molar-refractivity contribution in [3.63, 3.8) is 0 Å². The van der Waals surface area contributed by atoms with Crippen molar-refractivity contribution in [1.82, 2.24) is 24.9 Å². The number of carbonyl (C=O) groups is 1. The zero-order valence-electron chi connectivity index (χ0n) is 18.0. The molecule has 1 aromatic carbocycles. The van der Waals surface area contributed by atoms with E-state index in [-0.39, 0.29) is 23.3 Å². The SMILES string of the molecule is Cc1nc(/C=C/C(=O)N2CCN(C(C)c3nc(-c4cccc(C(F)(F)F)c4)no3)CC2)cs1. The number of amides is 1. The normalized spacial score (nSPS) is 16.5. The maximum Gasteiger partial charge on any atom is 0.416 e. The first kappa shape index (κ1) is 23.1. The van der Waals surface area contributed by atoms with Gasteiger partial charge in [0.15, 0.2) is 0 Å². The number of thiazole rings is 1. The Balaban J connectivity index is 1.36. The van der Waals surface area contributed by atoms with Crippen LogP contribution in [0.15, 0.2) is 40.2 Å². The molecule has 2 aromatic heterocycles. The number of aromatic nitrogens is 3. The highest BCUT2D eigenvalue weighted by Gasteiger charge is 2.31. The molecule has 3 heterocycles. The van der Waals surface area contributed by atoms with Gasteiger partial charge in [-0.2, -0.15) is 18.2 Å². The topological polar surface area (TPSA) is 75.4 Å². The van der Waals surface area contributed by atoms with E-state index in [2.05, 4.69) is 20.0 Å². The Bertz CT molecular complexity index is 1150. The van der Waals surface area contributed by atoms with Gasteiger partial charge in [0.2, 0.25) is 17.6 Å². The number of benzene rings is 1. The molecule has 0 spiro atoms. The zero-order valence-corrected chi connectivity index (χ0v) is 18.9. The minimum atomic E-state index is -4.44. The summed E-state index contributed by atoms with van der Waals surface area (Å²) in [5, 5.41) is 6.71. The molecule has 33 heavy (non-hydrogen) atoms. The molecule has 11 heteroatoms. The van der Waals surface area contributed by atoms with Gasteiger partial charge in [-0.05, 0) is 32.1 Å². The van der Waals surface area contributed by atoms with Gasteiger partial charge in [-0.3, -0.25) is 9.69 Å². The summed E-state index contributed by atoms with van der Waals surface area (Å²) >= 11 is 1.53. The number of hydrogen-bond donors (Lipinski definition) is 0. The number of piperazine rings is 1. The summed E-state index contributed by atoms with van der Waals surface area (Å²) in [6.07, 6.45) is -1.19. The van der Waals surface area contributed by atoms with Crippen molar-refractivity contribution in [2.75, 3.05) is 26.2 Å². The van der Waals surface area contributed by atoms with Crippen molar-refractivity contribution in [1.29, 1.82) is 0 Å². The standard InChI is InChI=1S/C22H22F3N5O2S/c1-14(21-27-20(28-32-21)16-4-3-5-17(12-16)22(23,24)25)29-8-10-30(11-9-29)19(31)7-6-18-13-33-15(2)26-18/h3-7,12-14H,8-11H2,1-2H3/b7-6+. The molecule has 0 radical (unpaired) electrons. The van der Waals surface area contributed by atoms with Crippen LogP contribution in [0.25, 0.3) is 17.5 Å². The second kappa shape index (κ2) is 9.44. The lowest BCUT2D eigenvalue weighted by Gasteiger charge is -2.36.